The van der Waals surface area contributed by atoms with Crippen LogP contribution in [0.2, 0.25) is 0 Å². The lowest BCUT2D eigenvalue weighted by Crippen LogP contribution is -2.51. The molecule has 1 aliphatic rings. The van der Waals surface area contributed by atoms with Gasteiger partial charge in [-0.15, -0.1) is 0 Å². The van der Waals surface area contributed by atoms with Crippen LogP contribution >= 0.6 is 0 Å². The van der Waals surface area contributed by atoms with E-state index in [4.69, 9.17) is 0 Å². The Balaban J connectivity index is 1.96. The van der Waals surface area contributed by atoms with E-state index in [0.717, 1.165) is 18.2 Å². The molecule has 2 rings (SSSR count). The Morgan fingerprint density at radius 3 is 2.70 bits per heavy atom. The number of benzene rings is 1. The molecule has 2 N–H and O–H groups in total. The Kier molecular flexibility index (Phi) is 4.49. The lowest BCUT2D eigenvalue weighted by Gasteiger charge is -2.25. The van der Waals surface area contributed by atoms with Crippen LogP contribution in [0.15, 0.2) is 24.3 Å². The highest BCUT2D eigenvalue weighted by molar-refractivity contribution is 5.82. The van der Waals surface area contributed by atoms with Gasteiger partial charge in [0.05, 0.1) is 0 Å². The Morgan fingerprint density at radius 1 is 1.35 bits per heavy atom. The van der Waals surface area contributed by atoms with Crippen molar-refractivity contribution in [1.29, 1.82) is 0 Å². The van der Waals surface area contributed by atoms with Crippen molar-refractivity contribution in [3.8, 4) is 5.75 Å². The molecule has 1 amide bonds. The van der Waals surface area contributed by atoms with Crippen LogP contribution in [0, 0.1) is 5.82 Å². The Morgan fingerprint density at radius 2 is 2.05 bits per heavy atom. The van der Waals surface area contributed by atoms with Crippen LogP contribution in [0.3, 0.4) is 0 Å². The van der Waals surface area contributed by atoms with Crippen molar-refractivity contribution in [2.24, 2.45) is 0 Å². The summed E-state index contributed by atoms with van der Waals surface area (Å²) in [7, 11) is 0. The maximum absolute atomic E-state index is 13.6. The number of halogens is 3. The summed E-state index contributed by atoms with van der Waals surface area (Å²) in [6, 6.07) is 3.98. The van der Waals surface area contributed by atoms with Crippen LogP contribution in [0.25, 0.3) is 0 Å². The van der Waals surface area contributed by atoms with Crippen molar-refractivity contribution in [2.75, 3.05) is 13.1 Å². The van der Waals surface area contributed by atoms with Gasteiger partial charge in [0, 0.05) is 12.1 Å². The minimum absolute atomic E-state index is 0.300. The van der Waals surface area contributed by atoms with Crippen LogP contribution in [-0.2, 0) is 4.79 Å². The average Bonchev–Trinajstić information content (AvgIpc) is 2.39. The summed E-state index contributed by atoms with van der Waals surface area (Å²) in [6.07, 6.45) is -2.86. The minimum Gasteiger partial charge on any atom is -0.425 e. The third-order valence-electron chi connectivity index (χ3n) is 2.98. The fourth-order valence-electron chi connectivity index (χ4n) is 1.96. The van der Waals surface area contributed by atoms with Gasteiger partial charge in [-0.3, -0.25) is 4.79 Å². The standard InChI is InChI=1S/C13H15F3N2O2/c14-9-2-1-3-11(8-9)20-13(15,16)12(19)18-10-4-6-17-7-5-10/h1-3,8,10,17H,4-7H2,(H,18,19). The van der Waals surface area contributed by atoms with E-state index in [1.165, 1.54) is 6.07 Å². The second kappa shape index (κ2) is 6.13. The second-order valence-corrected chi connectivity index (χ2v) is 4.57. The molecule has 1 aromatic carbocycles. The molecule has 4 nitrogen and oxygen atoms in total. The molecule has 0 spiro atoms. The number of carbonyl (C=O) groups is 1. The monoisotopic (exact) mass is 288 g/mol. The van der Waals surface area contributed by atoms with E-state index in [0.29, 0.717) is 25.9 Å². The molecule has 1 aliphatic heterocycles. The van der Waals surface area contributed by atoms with E-state index in [2.05, 4.69) is 15.4 Å². The zero-order chi connectivity index (χ0) is 14.6. The molecule has 110 valence electrons. The molecule has 0 unspecified atom stereocenters. The SMILES string of the molecule is O=C(NC1CCNCC1)C(F)(F)Oc1cccc(F)c1. The number of rotatable bonds is 4. The highest BCUT2D eigenvalue weighted by Crippen LogP contribution is 2.22. The van der Waals surface area contributed by atoms with Gasteiger partial charge < -0.3 is 15.4 Å². The van der Waals surface area contributed by atoms with Crippen LogP contribution in [0.4, 0.5) is 13.2 Å². The summed E-state index contributed by atoms with van der Waals surface area (Å²) in [5.41, 5.74) is 0. The lowest BCUT2D eigenvalue weighted by atomic mass is 10.1. The first kappa shape index (κ1) is 14.6. The Labute approximate surface area is 114 Å². The molecule has 1 heterocycles. The summed E-state index contributed by atoms with van der Waals surface area (Å²) in [6.45, 7) is 1.34. The summed E-state index contributed by atoms with van der Waals surface area (Å²) < 4.78 is 44.4. The van der Waals surface area contributed by atoms with E-state index in [1.807, 2.05) is 0 Å². The maximum atomic E-state index is 13.6. The third-order valence-corrected chi connectivity index (χ3v) is 2.98. The van der Waals surface area contributed by atoms with E-state index >= 15 is 0 Å². The van der Waals surface area contributed by atoms with E-state index < -0.39 is 23.6 Å². The molecule has 0 atom stereocenters. The van der Waals surface area contributed by atoms with Gasteiger partial charge in [-0.05, 0) is 38.1 Å². The van der Waals surface area contributed by atoms with Crippen LogP contribution in [-0.4, -0.2) is 31.1 Å². The molecule has 0 bridgehead atoms. The first-order valence-electron chi connectivity index (χ1n) is 6.31. The first-order valence-corrected chi connectivity index (χ1v) is 6.31. The van der Waals surface area contributed by atoms with Gasteiger partial charge in [-0.25, -0.2) is 4.39 Å². The highest BCUT2D eigenvalue weighted by atomic mass is 19.3. The van der Waals surface area contributed by atoms with Gasteiger partial charge in [0.15, 0.2) is 0 Å². The zero-order valence-corrected chi connectivity index (χ0v) is 10.7. The molecule has 7 heteroatoms. The van der Waals surface area contributed by atoms with Gasteiger partial charge in [-0.1, -0.05) is 6.07 Å². The summed E-state index contributed by atoms with van der Waals surface area (Å²) in [4.78, 5) is 11.5. The molecule has 0 radical (unpaired) electrons. The number of piperidine rings is 1. The van der Waals surface area contributed by atoms with Gasteiger partial charge in [0.25, 0.3) is 0 Å². The fourth-order valence-corrected chi connectivity index (χ4v) is 1.96. The molecule has 1 fully saturated rings. The molecule has 0 saturated carbocycles. The molecule has 0 aliphatic carbocycles. The molecule has 0 aromatic heterocycles. The summed E-state index contributed by atoms with van der Waals surface area (Å²) in [5.74, 6) is -2.61. The molecule has 20 heavy (non-hydrogen) atoms. The van der Waals surface area contributed by atoms with Crippen molar-refractivity contribution in [3.63, 3.8) is 0 Å². The predicted octanol–water partition coefficient (Wildman–Crippen LogP) is 1.67. The largest absolute Gasteiger partial charge is 0.482 e. The highest BCUT2D eigenvalue weighted by Gasteiger charge is 2.43. The normalized spacial score (nSPS) is 16.8. The smallest absolute Gasteiger partial charge is 0.425 e. The van der Waals surface area contributed by atoms with Crippen LogP contribution < -0.4 is 15.4 Å². The van der Waals surface area contributed by atoms with Gasteiger partial charge >= 0.3 is 12.0 Å². The van der Waals surface area contributed by atoms with Crippen molar-refractivity contribution < 1.29 is 22.7 Å². The number of nitrogens with one attached hydrogen (secondary N) is 2. The van der Waals surface area contributed by atoms with Crippen molar-refractivity contribution >= 4 is 5.91 Å². The number of carbonyl (C=O) groups excluding carboxylic acids is 1. The van der Waals surface area contributed by atoms with Crippen LogP contribution in [0.1, 0.15) is 12.8 Å². The van der Waals surface area contributed by atoms with Crippen LogP contribution in [0.5, 0.6) is 5.75 Å². The molecular weight excluding hydrogens is 273 g/mol. The quantitative estimate of drug-likeness (QED) is 0.886. The number of hydrogen-bond acceptors (Lipinski definition) is 3. The minimum atomic E-state index is -4.03. The van der Waals surface area contributed by atoms with Gasteiger partial charge in [0.1, 0.15) is 11.6 Å². The summed E-state index contributed by atoms with van der Waals surface area (Å²) in [5, 5.41) is 5.31. The molecular formula is C13H15F3N2O2. The zero-order valence-electron chi connectivity index (χ0n) is 10.7. The van der Waals surface area contributed by atoms with Crippen molar-refractivity contribution in [3.05, 3.63) is 30.1 Å². The van der Waals surface area contributed by atoms with Gasteiger partial charge in [-0.2, -0.15) is 8.78 Å². The lowest BCUT2D eigenvalue weighted by molar-refractivity contribution is -0.193. The number of alkyl halides is 2. The predicted molar refractivity (Wildman–Crippen MR) is 66.0 cm³/mol. The number of hydrogen-bond donors (Lipinski definition) is 2. The number of ether oxygens (including phenoxy) is 1. The average molecular weight is 288 g/mol. The van der Waals surface area contributed by atoms with E-state index in [9.17, 15) is 18.0 Å². The first-order chi connectivity index (χ1) is 9.47. The molecule has 1 aromatic rings. The third kappa shape index (κ3) is 3.86. The second-order valence-electron chi connectivity index (χ2n) is 4.57. The maximum Gasteiger partial charge on any atom is 0.482 e. The topological polar surface area (TPSA) is 50.4 Å². The Hall–Kier alpha value is -1.76. The van der Waals surface area contributed by atoms with Crippen molar-refractivity contribution in [1.82, 2.24) is 10.6 Å². The fraction of sp³-hybridized carbons (Fsp3) is 0.462. The van der Waals surface area contributed by atoms with E-state index in [1.54, 1.807) is 0 Å². The number of amides is 1. The van der Waals surface area contributed by atoms with E-state index in [-0.39, 0.29) is 6.04 Å². The summed E-state index contributed by atoms with van der Waals surface area (Å²) >= 11 is 0. The van der Waals surface area contributed by atoms with Crippen molar-refractivity contribution in [2.45, 2.75) is 25.0 Å². The van der Waals surface area contributed by atoms with Gasteiger partial charge in [0.2, 0.25) is 0 Å². The molecule has 1 saturated heterocycles. The Bertz CT molecular complexity index is 476.